The number of rotatable bonds is 7. The molecule has 0 saturated heterocycles. The highest BCUT2D eigenvalue weighted by molar-refractivity contribution is 5.72. The van der Waals surface area contributed by atoms with Crippen molar-refractivity contribution in [2.45, 2.75) is 58.8 Å². The zero-order chi connectivity index (χ0) is 18.6. The van der Waals surface area contributed by atoms with Crippen LogP contribution in [0.2, 0.25) is 0 Å². The summed E-state index contributed by atoms with van der Waals surface area (Å²) in [5, 5.41) is 9.15. The number of fused-ring (bicyclic) bond motifs is 9. The summed E-state index contributed by atoms with van der Waals surface area (Å²) in [5.74, 6) is 5.45. The third kappa shape index (κ3) is 2.79. The predicted octanol–water partition coefficient (Wildman–Crippen LogP) is 4.23. The SMILES string of the molecule is COC(=O)C(CCC(C)C(=O)O)CC1C(C)C2CC1C1C3CCC(C3)C21. The smallest absolute Gasteiger partial charge is 0.308 e. The van der Waals surface area contributed by atoms with Crippen LogP contribution in [0.1, 0.15) is 58.8 Å². The largest absolute Gasteiger partial charge is 0.481 e. The van der Waals surface area contributed by atoms with Crippen molar-refractivity contribution in [2.75, 3.05) is 7.11 Å². The Labute approximate surface area is 157 Å². The van der Waals surface area contributed by atoms with Crippen LogP contribution in [-0.2, 0) is 14.3 Å². The lowest BCUT2D eigenvalue weighted by Crippen LogP contribution is -2.38. The van der Waals surface area contributed by atoms with E-state index in [4.69, 9.17) is 9.84 Å². The number of carbonyl (C=O) groups excluding carboxylic acids is 1. The van der Waals surface area contributed by atoms with Crippen LogP contribution < -0.4 is 0 Å². The Balaban J connectivity index is 1.44. The van der Waals surface area contributed by atoms with Crippen molar-refractivity contribution in [3.63, 3.8) is 0 Å². The van der Waals surface area contributed by atoms with Crippen molar-refractivity contribution in [1.82, 2.24) is 0 Å². The van der Waals surface area contributed by atoms with Gasteiger partial charge in [0.2, 0.25) is 0 Å². The van der Waals surface area contributed by atoms with Gasteiger partial charge in [-0.1, -0.05) is 13.8 Å². The average Bonchev–Trinajstić information content (AvgIpc) is 3.37. The minimum atomic E-state index is -0.772. The third-order valence-corrected chi connectivity index (χ3v) is 8.94. The van der Waals surface area contributed by atoms with Gasteiger partial charge in [-0.05, 0) is 92.3 Å². The van der Waals surface area contributed by atoms with Crippen LogP contribution in [0.5, 0.6) is 0 Å². The van der Waals surface area contributed by atoms with Crippen LogP contribution >= 0.6 is 0 Å². The molecule has 10 atom stereocenters. The molecule has 146 valence electrons. The van der Waals surface area contributed by atoms with E-state index in [-0.39, 0.29) is 11.9 Å². The predicted molar refractivity (Wildman–Crippen MR) is 98.2 cm³/mol. The van der Waals surface area contributed by atoms with E-state index in [1.54, 1.807) is 6.92 Å². The van der Waals surface area contributed by atoms with Crippen LogP contribution in [0.4, 0.5) is 0 Å². The van der Waals surface area contributed by atoms with Crippen LogP contribution in [0.3, 0.4) is 0 Å². The van der Waals surface area contributed by atoms with E-state index in [2.05, 4.69) is 6.92 Å². The molecule has 0 aromatic carbocycles. The number of hydrogen-bond acceptors (Lipinski definition) is 3. The van der Waals surface area contributed by atoms with Crippen molar-refractivity contribution in [3.8, 4) is 0 Å². The summed E-state index contributed by atoms with van der Waals surface area (Å²) in [4.78, 5) is 23.5. The highest BCUT2D eigenvalue weighted by atomic mass is 16.5. The maximum absolute atomic E-state index is 12.4. The zero-order valence-electron chi connectivity index (χ0n) is 16.4. The highest BCUT2D eigenvalue weighted by Gasteiger charge is 2.64. The Morgan fingerprint density at radius 1 is 1.08 bits per heavy atom. The monoisotopic (exact) mass is 362 g/mol. The van der Waals surface area contributed by atoms with Gasteiger partial charge in [0.1, 0.15) is 0 Å². The van der Waals surface area contributed by atoms with Gasteiger partial charge in [0.25, 0.3) is 0 Å². The molecule has 0 spiro atoms. The molecular weight excluding hydrogens is 328 g/mol. The highest BCUT2D eigenvalue weighted by Crippen LogP contribution is 2.70. The topological polar surface area (TPSA) is 63.6 Å². The molecular formula is C22H34O4. The second kappa shape index (κ2) is 6.83. The van der Waals surface area contributed by atoms with Gasteiger partial charge < -0.3 is 9.84 Å². The minimum absolute atomic E-state index is 0.134. The molecule has 4 heteroatoms. The minimum Gasteiger partial charge on any atom is -0.481 e. The van der Waals surface area contributed by atoms with Gasteiger partial charge in [-0.15, -0.1) is 0 Å². The summed E-state index contributed by atoms with van der Waals surface area (Å²) in [6.07, 6.45) is 7.85. The normalized spacial score (nSPS) is 44.7. The number of aliphatic carboxylic acids is 1. The Morgan fingerprint density at radius 2 is 1.73 bits per heavy atom. The van der Waals surface area contributed by atoms with Gasteiger partial charge in [0.15, 0.2) is 0 Å². The average molecular weight is 363 g/mol. The molecule has 0 radical (unpaired) electrons. The fraction of sp³-hybridized carbons (Fsp3) is 0.909. The second-order valence-corrected chi connectivity index (χ2v) is 9.85. The maximum atomic E-state index is 12.4. The molecule has 4 saturated carbocycles. The van der Waals surface area contributed by atoms with Crippen molar-refractivity contribution >= 4 is 11.9 Å². The van der Waals surface area contributed by atoms with Gasteiger partial charge in [-0.3, -0.25) is 9.59 Å². The molecule has 0 aliphatic heterocycles. The number of ether oxygens (including phenoxy) is 1. The number of carboxylic acid groups (broad SMARTS) is 1. The standard InChI is InChI=1S/C22H34O4/c1-11(21(23)24)4-5-15(22(25)26-3)9-16-12(2)17-10-18(16)20-14-7-6-13(8-14)19(17)20/h11-20H,4-10H2,1-3H3,(H,23,24). The van der Waals surface area contributed by atoms with E-state index < -0.39 is 11.9 Å². The fourth-order valence-electron chi connectivity index (χ4n) is 7.80. The summed E-state index contributed by atoms with van der Waals surface area (Å²) >= 11 is 0. The Hall–Kier alpha value is -1.06. The molecule has 0 aromatic rings. The molecule has 4 nitrogen and oxygen atoms in total. The first-order valence-corrected chi connectivity index (χ1v) is 10.7. The number of hydrogen-bond donors (Lipinski definition) is 1. The Kier molecular flexibility index (Phi) is 4.81. The lowest BCUT2D eigenvalue weighted by Gasteiger charge is -2.43. The first-order chi connectivity index (χ1) is 12.4. The molecule has 4 fully saturated rings. The van der Waals surface area contributed by atoms with Crippen molar-refractivity contribution in [2.24, 2.45) is 59.2 Å². The molecule has 4 rings (SSSR count). The molecule has 26 heavy (non-hydrogen) atoms. The third-order valence-electron chi connectivity index (χ3n) is 8.94. The second-order valence-electron chi connectivity index (χ2n) is 9.85. The van der Waals surface area contributed by atoms with Gasteiger partial charge in [-0.2, -0.15) is 0 Å². The summed E-state index contributed by atoms with van der Waals surface area (Å²) in [6.45, 7) is 4.16. The maximum Gasteiger partial charge on any atom is 0.308 e. The molecule has 10 unspecified atom stereocenters. The molecule has 1 N–H and O–H groups in total. The lowest BCUT2D eigenvalue weighted by molar-refractivity contribution is -0.148. The fourth-order valence-corrected chi connectivity index (χ4v) is 7.80. The van der Waals surface area contributed by atoms with E-state index >= 15 is 0 Å². The van der Waals surface area contributed by atoms with Gasteiger partial charge in [0.05, 0.1) is 18.9 Å². The lowest BCUT2D eigenvalue weighted by atomic mass is 9.62. The van der Waals surface area contributed by atoms with Crippen molar-refractivity contribution in [1.29, 1.82) is 0 Å². The van der Waals surface area contributed by atoms with Gasteiger partial charge in [-0.25, -0.2) is 0 Å². The first kappa shape index (κ1) is 18.3. The van der Waals surface area contributed by atoms with Crippen LogP contribution in [-0.4, -0.2) is 24.2 Å². The van der Waals surface area contributed by atoms with Gasteiger partial charge >= 0.3 is 11.9 Å². The zero-order valence-corrected chi connectivity index (χ0v) is 16.4. The molecule has 0 aromatic heterocycles. The molecule has 4 aliphatic carbocycles. The number of methoxy groups -OCH3 is 1. The Bertz CT molecular complexity index is 572. The van der Waals surface area contributed by atoms with E-state index in [1.807, 2.05) is 0 Å². The molecule has 0 heterocycles. The molecule has 4 aliphatic rings. The number of carbonyl (C=O) groups is 2. The molecule has 0 amide bonds. The van der Waals surface area contributed by atoms with Crippen LogP contribution in [0, 0.1) is 59.2 Å². The van der Waals surface area contributed by atoms with Crippen molar-refractivity contribution < 1.29 is 19.4 Å². The quantitative estimate of drug-likeness (QED) is 0.544. The number of carboxylic acids is 1. The van der Waals surface area contributed by atoms with E-state index in [9.17, 15) is 9.59 Å². The molecule has 4 bridgehead atoms. The first-order valence-electron chi connectivity index (χ1n) is 10.7. The summed E-state index contributed by atoms with van der Waals surface area (Å²) in [5.41, 5.74) is 0. The Morgan fingerprint density at radius 3 is 2.35 bits per heavy atom. The van der Waals surface area contributed by atoms with Gasteiger partial charge in [0, 0.05) is 0 Å². The summed E-state index contributed by atoms with van der Waals surface area (Å²) in [6, 6.07) is 0. The van der Waals surface area contributed by atoms with E-state index in [0.717, 1.165) is 41.9 Å². The van der Waals surface area contributed by atoms with E-state index in [1.165, 1.54) is 32.8 Å². The summed E-state index contributed by atoms with van der Waals surface area (Å²) in [7, 11) is 1.46. The number of esters is 1. The summed E-state index contributed by atoms with van der Waals surface area (Å²) < 4.78 is 5.08. The van der Waals surface area contributed by atoms with Crippen LogP contribution in [0.15, 0.2) is 0 Å². The van der Waals surface area contributed by atoms with Crippen molar-refractivity contribution in [3.05, 3.63) is 0 Å². The van der Waals surface area contributed by atoms with Crippen LogP contribution in [0.25, 0.3) is 0 Å². The van der Waals surface area contributed by atoms with E-state index in [0.29, 0.717) is 24.7 Å².